The van der Waals surface area contributed by atoms with Crippen LogP contribution in [-0.4, -0.2) is 34.8 Å². The van der Waals surface area contributed by atoms with E-state index >= 15 is 0 Å². The van der Waals surface area contributed by atoms with Gasteiger partial charge in [0.1, 0.15) is 11.4 Å². The number of anilines is 1. The second-order valence-corrected chi connectivity index (χ2v) is 9.43. The van der Waals surface area contributed by atoms with E-state index in [1.54, 1.807) is 23.1 Å². The first-order valence-electron chi connectivity index (χ1n) is 9.05. The molecule has 2 rings (SSSR count). The van der Waals surface area contributed by atoms with Crippen molar-refractivity contribution in [3.05, 3.63) is 43.8 Å². The normalized spacial score (nSPS) is 11.4. The molecule has 1 heterocycles. The maximum absolute atomic E-state index is 13.1. The van der Waals surface area contributed by atoms with Crippen LogP contribution in [0.3, 0.4) is 0 Å². The largest absolute Gasteiger partial charge is 0.329 e. The van der Waals surface area contributed by atoms with E-state index in [0.29, 0.717) is 32.8 Å². The second kappa shape index (κ2) is 9.25. The van der Waals surface area contributed by atoms with Crippen molar-refractivity contribution in [3.8, 4) is 0 Å². The average molecular weight is 442 g/mol. The van der Waals surface area contributed by atoms with Crippen molar-refractivity contribution < 1.29 is 9.59 Å². The molecule has 0 unspecified atom stereocenters. The van der Waals surface area contributed by atoms with Crippen LogP contribution in [0.4, 0.5) is 5.69 Å². The number of amides is 2. The van der Waals surface area contributed by atoms with Gasteiger partial charge in [-0.25, -0.2) is 4.98 Å². The van der Waals surface area contributed by atoms with Gasteiger partial charge >= 0.3 is 0 Å². The van der Waals surface area contributed by atoms with Crippen molar-refractivity contribution in [1.82, 2.24) is 9.88 Å². The maximum Gasteiger partial charge on any atom is 0.266 e. The lowest BCUT2D eigenvalue weighted by Gasteiger charge is -2.21. The van der Waals surface area contributed by atoms with Crippen LogP contribution in [0.1, 0.15) is 54.5 Å². The number of rotatable bonds is 6. The molecule has 1 N–H and O–H groups in total. The Morgan fingerprint density at radius 1 is 1.25 bits per heavy atom. The first-order valence-corrected chi connectivity index (χ1v) is 10.6. The number of nitrogens with zero attached hydrogens (tertiary/aromatic N) is 2. The van der Waals surface area contributed by atoms with E-state index in [0.717, 1.165) is 11.4 Å². The topological polar surface area (TPSA) is 62.3 Å². The zero-order valence-corrected chi connectivity index (χ0v) is 19.1. The number of aromatic nitrogens is 1. The molecule has 0 atom stereocenters. The summed E-state index contributed by atoms with van der Waals surface area (Å²) in [6, 6.07) is 4.84. The van der Waals surface area contributed by atoms with Crippen molar-refractivity contribution in [2.45, 2.75) is 46.5 Å². The lowest BCUT2D eigenvalue weighted by atomic mass is 9.98. The first kappa shape index (κ1) is 22.7. The molecule has 0 bridgehead atoms. The molecule has 0 saturated heterocycles. The fourth-order valence-corrected chi connectivity index (χ4v) is 3.97. The minimum atomic E-state index is -0.329. The highest BCUT2D eigenvalue weighted by atomic mass is 35.5. The summed E-state index contributed by atoms with van der Waals surface area (Å²) in [4.78, 5) is 32.3. The quantitative estimate of drug-likeness (QED) is 0.638. The highest BCUT2D eigenvalue weighted by Crippen LogP contribution is 2.30. The average Bonchev–Trinajstić information content (AvgIpc) is 2.99. The van der Waals surface area contributed by atoms with E-state index in [1.165, 1.54) is 11.3 Å². The Morgan fingerprint density at radius 3 is 2.50 bits per heavy atom. The number of thiazole rings is 1. The number of nitrogens with one attached hydrogen (secondary N) is 1. The summed E-state index contributed by atoms with van der Waals surface area (Å²) in [5, 5.41) is 4.49. The summed E-state index contributed by atoms with van der Waals surface area (Å²) < 4.78 is 0. The van der Waals surface area contributed by atoms with E-state index in [1.807, 2.05) is 13.8 Å². The molecule has 152 valence electrons. The second-order valence-electron chi connectivity index (χ2n) is 7.58. The highest BCUT2D eigenvalue weighted by molar-refractivity contribution is 7.14. The monoisotopic (exact) mass is 441 g/mol. The Hall–Kier alpha value is -1.63. The standard InChI is InChI=1S/C20H25Cl2N3O2S/c1-6-9-25(11-16(26)24-15-10-13(21)7-8-14(15)22)18(27)17-12(2)23-19(28-17)20(3,4)5/h7-8,10H,6,9,11H2,1-5H3,(H,24,26). The van der Waals surface area contributed by atoms with Gasteiger partial charge in [0, 0.05) is 17.0 Å². The summed E-state index contributed by atoms with van der Waals surface area (Å²) in [6.07, 6.45) is 0.737. The predicted octanol–water partition coefficient (Wildman–Crippen LogP) is 5.55. The summed E-state index contributed by atoms with van der Waals surface area (Å²) in [5.74, 6) is -0.510. The van der Waals surface area contributed by atoms with Gasteiger partial charge in [-0.15, -0.1) is 11.3 Å². The number of aryl methyl sites for hydroxylation is 1. The minimum Gasteiger partial charge on any atom is -0.329 e. The smallest absolute Gasteiger partial charge is 0.266 e. The molecule has 2 amide bonds. The highest BCUT2D eigenvalue weighted by Gasteiger charge is 2.26. The molecule has 0 fully saturated rings. The Kier molecular flexibility index (Phi) is 7.48. The van der Waals surface area contributed by atoms with Gasteiger partial charge in [0.05, 0.1) is 21.4 Å². The fraction of sp³-hybridized carbons (Fsp3) is 0.450. The summed E-state index contributed by atoms with van der Waals surface area (Å²) in [5.41, 5.74) is 0.982. The van der Waals surface area contributed by atoms with Crippen LogP contribution in [0, 0.1) is 6.92 Å². The Labute approximate surface area is 180 Å². The molecule has 8 heteroatoms. The van der Waals surface area contributed by atoms with Crippen molar-refractivity contribution >= 4 is 52.0 Å². The molecule has 5 nitrogen and oxygen atoms in total. The molecule has 28 heavy (non-hydrogen) atoms. The summed E-state index contributed by atoms with van der Waals surface area (Å²) in [7, 11) is 0. The van der Waals surface area contributed by atoms with Gasteiger partial charge in [-0.2, -0.15) is 0 Å². The number of benzene rings is 1. The first-order chi connectivity index (χ1) is 13.0. The SMILES string of the molecule is CCCN(CC(=O)Nc1cc(Cl)ccc1Cl)C(=O)c1sc(C(C)(C)C)nc1C. The molecular formula is C20H25Cl2N3O2S. The van der Waals surface area contributed by atoms with Crippen LogP contribution >= 0.6 is 34.5 Å². The van der Waals surface area contributed by atoms with Gasteiger partial charge in [0.25, 0.3) is 5.91 Å². The van der Waals surface area contributed by atoms with Crippen molar-refractivity contribution in [3.63, 3.8) is 0 Å². The van der Waals surface area contributed by atoms with E-state index in [9.17, 15) is 9.59 Å². The Morgan fingerprint density at radius 2 is 1.93 bits per heavy atom. The van der Waals surface area contributed by atoms with Crippen LogP contribution in [-0.2, 0) is 10.2 Å². The minimum absolute atomic E-state index is 0.0717. The Balaban J connectivity index is 2.18. The van der Waals surface area contributed by atoms with Crippen LogP contribution in [0.2, 0.25) is 10.0 Å². The predicted molar refractivity (Wildman–Crippen MR) is 117 cm³/mol. The molecule has 0 aliphatic heterocycles. The Bertz CT molecular complexity index is 875. The molecule has 0 saturated carbocycles. The molecule has 0 aliphatic carbocycles. The summed E-state index contributed by atoms with van der Waals surface area (Å²) in [6.45, 7) is 10.4. The van der Waals surface area contributed by atoms with Crippen LogP contribution in [0.25, 0.3) is 0 Å². The van der Waals surface area contributed by atoms with Crippen molar-refractivity contribution in [2.24, 2.45) is 0 Å². The van der Waals surface area contributed by atoms with Crippen LogP contribution < -0.4 is 5.32 Å². The molecule has 0 aliphatic rings. The van der Waals surface area contributed by atoms with Crippen LogP contribution in [0.5, 0.6) is 0 Å². The fourth-order valence-electron chi connectivity index (χ4n) is 2.54. The van der Waals surface area contributed by atoms with Gasteiger partial charge in [0.15, 0.2) is 0 Å². The number of carbonyl (C=O) groups is 2. The van der Waals surface area contributed by atoms with E-state index in [-0.39, 0.29) is 23.8 Å². The zero-order chi connectivity index (χ0) is 21.1. The van der Waals surface area contributed by atoms with Gasteiger partial charge in [-0.3, -0.25) is 9.59 Å². The zero-order valence-electron chi connectivity index (χ0n) is 16.7. The third-order valence-corrected chi connectivity index (χ3v) is 6.09. The molecule has 1 aromatic heterocycles. The van der Waals surface area contributed by atoms with Gasteiger partial charge < -0.3 is 10.2 Å². The molecule has 2 aromatic rings. The molecule has 1 aromatic carbocycles. The third kappa shape index (κ3) is 5.69. The molecule has 0 radical (unpaired) electrons. The van der Waals surface area contributed by atoms with Gasteiger partial charge in [-0.1, -0.05) is 50.9 Å². The lowest BCUT2D eigenvalue weighted by molar-refractivity contribution is -0.116. The summed E-state index contributed by atoms with van der Waals surface area (Å²) >= 11 is 13.5. The number of halogens is 2. The van der Waals surface area contributed by atoms with E-state index < -0.39 is 0 Å². The maximum atomic E-state index is 13.1. The lowest BCUT2D eigenvalue weighted by Crippen LogP contribution is -2.38. The van der Waals surface area contributed by atoms with Crippen molar-refractivity contribution in [2.75, 3.05) is 18.4 Å². The molecular weight excluding hydrogens is 417 g/mol. The number of hydrogen-bond donors (Lipinski definition) is 1. The van der Waals surface area contributed by atoms with Crippen LogP contribution in [0.15, 0.2) is 18.2 Å². The number of carbonyl (C=O) groups excluding carboxylic acids is 2. The van der Waals surface area contributed by atoms with Crippen molar-refractivity contribution in [1.29, 1.82) is 0 Å². The van der Waals surface area contributed by atoms with E-state index in [4.69, 9.17) is 23.2 Å². The number of hydrogen-bond acceptors (Lipinski definition) is 4. The molecule has 0 spiro atoms. The van der Waals surface area contributed by atoms with Gasteiger partial charge in [-0.05, 0) is 31.5 Å². The van der Waals surface area contributed by atoms with Gasteiger partial charge in [0.2, 0.25) is 5.91 Å². The third-order valence-electron chi connectivity index (χ3n) is 3.95. The van der Waals surface area contributed by atoms with E-state index in [2.05, 4.69) is 31.1 Å².